The Kier molecular flexibility index (Phi) is 7.13. The predicted octanol–water partition coefficient (Wildman–Crippen LogP) is 2.10. The van der Waals surface area contributed by atoms with Crippen LogP contribution in [0.4, 0.5) is 0 Å². The number of imidazole rings is 1. The third-order valence-corrected chi connectivity index (χ3v) is 3.63. The molecular weight excluding hydrogens is 323 g/mol. The fraction of sp³-hybridized carbons (Fsp3) is 0.467. The first kappa shape index (κ1) is 18.7. The normalized spacial score (nSPS) is 13.3. The summed E-state index contributed by atoms with van der Waals surface area (Å²) in [5.41, 5.74) is 2.94. The Morgan fingerprint density at radius 2 is 2.14 bits per heavy atom. The van der Waals surface area contributed by atoms with Crippen molar-refractivity contribution in [3.8, 4) is 0 Å². The van der Waals surface area contributed by atoms with Crippen molar-refractivity contribution >= 4 is 36.4 Å². The first-order valence-corrected chi connectivity index (χ1v) is 7.13. The molecule has 2 N–H and O–H groups in total. The maximum Gasteiger partial charge on any atom is 0.234 e. The number of carbonyl (C=O) groups excluding carboxylic acids is 1. The molecule has 1 aliphatic rings. The van der Waals surface area contributed by atoms with Crippen molar-refractivity contribution in [2.75, 3.05) is 13.1 Å². The highest BCUT2D eigenvalue weighted by atomic mass is 35.5. The second-order valence-electron chi connectivity index (χ2n) is 5.48. The zero-order valence-electron chi connectivity index (χ0n) is 12.5. The minimum Gasteiger partial charge on any atom is -0.349 e. The lowest BCUT2D eigenvalue weighted by atomic mass is 10.4. The van der Waals surface area contributed by atoms with Crippen LogP contribution in [0.25, 0.3) is 5.65 Å². The highest BCUT2D eigenvalue weighted by molar-refractivity contribution is 5.85. The molecule has 1 saturated carbocycles. The molecule has 2 aromatic heterocycles. The number of halogens is 2. The number of hydrogen-bond acceptors (Lipinski definition) is 3. The first-order chi connectivity index (χ1) is 9.72. The Morgan fingerprint density at radius 1 is 1.36 bits per heavy atom. The molecule has 22 heavy (non-hydrogen) atoms. The topological polar surface area (TPSA) is 58.4 Å². The molecule has 0 aromatic carbocycles. The van der Waals surface area contributed by atoms with Crippen molar-refractivity contribution in [1.29, 1.82) is 0 Å². The zero-order valence-corrected chi connectivity index (χ0v) is 14.2. The molecule has 5 nitrogen and oxygen atoms in total. The fourth-order valence-electron chi connectivity index (χ4n) is 2.25. The van der Waals surface area contributed by atoms with E-state index in [4.69, 9.17) is 0 Å². The molecule has 1 amide bonds. The molecule has 1 aliphatic carbocycles. The second kappa shape index (κ2) is 8.36. The summed E-state index contributed by atoms with van der Waals surface area (Å²) >= 11 is 0. The maximum atomic E-state index is 11.7. The van der Waals surface area contributed by atoms with Crippen LogP contribution in [-0.2, 0) is 11.3 Å². The zero-order chi connectivity index (χ0) is 13.9. The minimum absolute atomic E-state index is 0. The van der Waals surface area contributed by atoms with Gasteiger partial charge < -0.3 is 15.0 Å². The van der Waals surface area contributed by atoms with Crippen LogP contribution in [0.5, 0.6) is 0 Å². The van der Waals surface area contributed by atoms with Crippen molar-refractivity contribution in [2.24, 2.45) is 5.92 Å². The number of aryl methyl sites for hydroxylation is 1. The molecule has 122 valence electrons. The molecule has 1 fully saturated rings. The maximum absolute atomic E-state index is 11.7. The van der Waals surface area contributed by atoms with Gasteiger partial charge in [0, 0.05) is 11.9 Å². The Morgan fingerprint density at radius 3 is 2.82 bits per heavy atom. The van der Waals surface area contributed by atoms with Crippen LogP contribution in [0.2, 0.25) is 0 Å². The van der Waals surface area contributed by atoms with E-state index in [1.807, 2.05) is 35.7 Å². The highest BCUT2D eigenvalue weighted by Crippen LogP contribution is 2.27. The lowest BCUT2D eigenvalue weighted by molar-refractivity contribution is -0.120. The number of nitrogens with one attached hydrogen (secondary N) is 2. The Labute approximate surface area is 142 Å². The molecule has 3 rings (SSSR count). The summed E-state index contributed by atoms with van der Waals surface area (Å²) in [7, 11) is 0. The number of pyridine rings is 1. The van der Waals surface area contributed by atoms with Gasteiger partial charge in [-0.15, -0.1) is 24.8 Å². The number of nitrogens with zero attached hydrogens (tertiary/aromatic N) is 2. The smallest absolute Gasteiger partial charge is 0.234 e. The summed E-state index contributed by atoms with van der Waals surface area (Å²) < 4.78 is 2.03. The van der Waals surface area contributed by atoms with Crippen molar-refractivity contribution in [3.05, 3.63) is 35.8 Å². The molecule has 2 heterocycles. The number of amides is 1. The van der Waals surface area contributed by atoms with Gasteiger partial charge in [0.25, 0.3) is 0 Å². The Hall–Kier alpha value is -1.30. The summed E-state index contributed by atoms with van der Waals surface area (Å²) in [4.78, 5) is 16.2. The molecule has 0 spiro atoms. The van der Waals surface area contributed by atoms with Crippen molar-refractivity contribution in [3.63, 3.8) is 0 Å². The summed E-state index contributed by atoms with van der Waals surface area (Å²) in [5, 5.41) is 6.08. The van der Waals surface area contributed by atoms with Crippen LogP contribution >= 0.6 is 24.8 Å². The number of fused-ring (bicyclic) bond motifs is 1. The van der Waals surface area contributed by atoms with Gasteiger partial charge in [0.1, 0.15) is 5.65 Å². The molecule has 7 heteroatoms. The van der Waals surface area contributed by atoms with Gasteiger partial charge in [-0.1, -0.05) is 6.07 Å². The molecule has 0 aliphatic heterocycles. The number of carbonyl (C=O) groups is 1. The molecule has 0 radical (unpaired) electrons. The van der Waals surface area contributed by atoms with E-state index in [9.17, 15) is 4.79 Å². The van der Waals surface area contributed by atoms with E-state index in [0.29, 0.717) is 13.1 Å². The third-order valence-electron chi connectivity index (χ3n) is 3.63. The third kappa shape index (κ3) is 4.87. The van der Waals surface area contributed by atoms with Crippen molar-refractivity contribution in [1.82, 2.24) is 20.0 Å². The number of aromatic nitrogens is 2. The summed E-state index contributed by atoms with van der Waals surface area (Å²) in [5.74, 6) is 0.823. The van der Waals surface area contributed by atoms with Gasteiger partial charge in [-0.05, 0) is 44.4 Å². The average molecular weight is 345 g/mol. The fourth-order valence-corrected chi connectivity index (χ4v) is 2.25. The van der Waals surface area contributed by atoms with E-state index in [0.717, 1.165) is 29.5 Å². The van der Waals surface area contributed by atoms with Gasteiger partial charge in [0.05, 0.1) is 18.8 Å². The molecule has 0 saturated heterocycles. The van der Waals surface area contributed by atoms with Crippen LogP contribution in [-0.4, -0.2) is 28.4 Å². The molecule has 0 unspecified atom stereocenters. The molecule has 0 atom stereocenters. The average Bonchev–Trinajstić information content (AvgIpc) is 3.14. The monoisotopic (exact) mass is 344 g/mol. The van der Waals surface area contributed by atoms with E-state index < -0.39 is 0 Å². The van der Waals surface area contributed by atoms with Crippen molar-refractivity contribution < 1.29 is 4.79 Å². The van der Waals surface area contributed by atoms with E-state index in [2.05, 4.69) is 15.6 Å². The highest BCUT2D eigenvalue weighted by Gasteiger charge is 2.20. The summed E-state index contributed by atoms with van der Waals surface area (Å²) in [6.45, 7) is 3.87. The van der Waals surface area contributed by atoms with Crippen LogP contribution in [0, 0.1) is 12.8 Å². The van der Waals surface area contributed by atoms with E-state index >= 15 is 0 Å². The van der Waals surface area contributed by atoms with Crippen LogP contribution < -0.4 is 10.6 Å². The van der Waals surface area contributed by atoms with E-state index in [-0.39, 0.29) is 30.7 Å². The molecular formula is C15H22Cl2N4O. The van der Waals surface area contributed by atoms with Crippen LogP contribution in [0.1, 0.15) is 24.2 Å². The van der Waals surface area contributed by atoms with Gasteiger partial charge in [-0.25, -0.2) is 4.98 Å². The standard InChI is InChI=1S/C15H20N4O.2ClH/c1-11-3-2-4-14-18-13(10-19(11)14)8-17-15(20)9-16-7-12-5-6-12;;/h2-4,10,12,16H,5-9H2,1H3,(H,17,20);2*1H. The molecule has 0 bridgehead atoms. The number of rotatable bonds is 6. The lowest BCUT2D eigenvalue weighted by Gasteiger charge is -2.04. The van der Waals surface area contributed by atoms with Gasteiger partial charge >= 0.3 is 0 Å². The van der Waals surface area contributed by atoms with E-state index in [1.54, 1.807) is 0 Å². The summed E-state index contributed by atoms with van der Waals surface area (Å²) in [6.07, 6.45) is 4.58. The van der Waals surface area contributed by atoms with Crippen LogP contribution in [0.15, 0.2) is 24.4 Å². The second-order valence-corrected chi connectivity index (χ2v) is 5.48. The quantitative estimate of drug-likeness (QED) is 0.843. The van der Waals surface area contributed by atoms with Crippen LogP contribution in [0.3, 0.4) is 0 Å². The molecule has 2 aromatic rings. The van der Waals surface area contributed by atoms with Gasteiger partial charge in [0.15, 0.2) is 0 Å². The van der Waals surface area contributed by atoms with E-state index in [1.165, 1.54) is 12.8 Å². The Balaban J connectivity index is 0.00000121. The minimum atomic E-state index is 0. The SMILES string of the molecule is Cc1cccc2nc(CNC(=O)CNCC3CC3)cn12.Cl.Cl. The summed E-state index contributed by atoms with van der Waals surface area (Å²) in [6, 6.07) is 6.00. The van der Waals surface area contributed by atoms with Gasteiger partial charge in [-0.3, -0.25) is 4.79 Å². The lowest BCUT2D eigenvalue weighted by Crippen LogP contribution is -2.34. The van der Waals surface area contributed by atoms with Gasteiger partial charge in [0.2, 0.25) is 5.91 Å². The number of hydrogen-bond donors (Lipinski definition) is 2. The Bertz CT molecular complexity index is 625. The van der Waals surface area contributed by atoms with Crippen molar-refractivity contribution in [2.45, 2.75) is 26.3 Å². The predicted molar refractivity (Wildman–Crippen MR) is 91.9 cm³/mol. The largest absolute Gasteiger partial charge is 0.349 e. The first-order valence-electron chi connectivity index (χ1n) is 7.13. The van der Waals surface area contributed by atoms with Gasteiger partial charge in [-0.2, -0.15) is 0 Å².